The van der Waals surface area contributed by atoms with E-state index in [-0.39, 0.29) is 23.1 Å². The summed E-state index contributed by atoms with van der Waals surface area (Å²) in [5, 5.41) is 12.7. The maximum Gasteiger partial charge on any atom is 0.278 e. The van der Waals surface area contributed by atoms with E-state index in [2.05, 4.69) is 4.90 Å². The Labute approximate surface area is 221 Å². The Morgan fingerprint density at radius 3 is 2.61 bits per heavy atom. The number of hydrogen-bond acceptors (Lipinski definition) is 7. The van der Waals surface area contributed by atoms with Gasteiger partial charge in [-0.05, 0) is 23.3 Å². The van der Waals surface area contributed by atoms with E-state index in [1.165, 1.54) is 28.7 Å². The molecule has 0 saturated carbocycles. The zero-order chi connectivity index (χ0) is 26.1. The number of hydrogen-bond donors (Lipinski definition) is 1. The maximum atomic E-state index is 15.3. The predicted molar refractivity (Wildman–Crippen MR) is 136 cm³/mol. The third-order valence-corrected chi connectivity index (χ3v) is 9.09. The minimum atomic E-state index is -0.917. The van der Waals surface area contributed by atoms with Gasteiger partial charge in [-0.1, -0.05) is 24.3 Å². The number of aromatic nitrogens is 1. The first-order chi connectivity index (χ1) is 18.4. The van der Waals surface area contributed by atoms with Crippen molar-refractivity contribution in [1.82, 2.24) is 14.5 Å². The van der Waals surface area contributed by atoms with Crippen molar-refractivity contribution in [2.45, 2.75) is 28.9 Å². The second kappa shape index (κ2) is 8.82. The molecule has 2 atom stereocenters. The van der Waals surface area contributed by atoms with Crippen LogP contribution in [0.2, 0.25) is 0 Å². The number of amides is 1. The molecule has 0 radical (unpaired) electrons. The number of carbonyl (C=O) groups is 1. The Morgan fingerprint density at radius 1 is 1.00 bits per heavy atom. The first-order valence-electron chi connectivity index (χ1n) is 12.5. The lowest BCUT2D eigenvalue weighted by Gasteiger charge is -2.55. The third kappa shape index (κ3) is 3.41. The molecule has 1 N–H and O–H groups in total. The summed E-state index contributed by atoms with van der Waals surface area (Å²) < 4.78 is 36.7. The number of aromatic hydroxyl groups is 1. The molecule has 0 unspecified atom stereocenters. The first-order valence-corrected chi connectivity index (χ1v) is 13.5. The molecule has 8 nitrogen and oxygen atoms in total. The molecule has 2 fully saturated rings. The number of benzene rings is 2. The Bertz CT molecular complexity index is 1530. The number of carbonyl (C=O) groups excluding carboxylic acids is 1. The van der Waals surface area contributed by atoms with Gasteiger partial charge in [-0.25, -0.2) is 8.78 Å². The number of rotatable bonds is 2. The van der Waals surface area contributed by atoms with Crippen LogP contribution in [0.3, 0.4) is 0 Å². The van der Waals surface area contributed by atoms with Gasteiger partial charge in [0.1, 0.15) is 6.17 Å². The Kier molecular flexibility index (Phi) is 5.50. The van der Waals surface area contributed by atoms with E-state index in [1.807, 2.05) is 29.3 Å². The van der Waals surface area contributed by atoms with Gasteiger partial charge in [0.2, 0.25) is 5.43 Å². The molecular formula is C27H24F2N4O4S. The van der Waals surface area contributed by atoms with Crippen molar-refractivity contribution in [3.05, 3.63) is 92.9 Å². The van der Waals surface area contributed by atoms with Crippen molar-refractivity contribution in [1.29, 1.82) is 0 Å². The predicted octanol–water partition coefficient (Wildman–Crippen LogP) is 2.66. The van der Waals surface area contributed by atoms with Gasteiger partial charge < -0.3 is 14.7 Å². The number of nitrogens with zero attached hydrogens (tertiary/aromatic N) is 4. The van der Waals surface area contributed by atoms with Gasteiger partial charge in [0, 0.05) is 48.1 Å². The van der Waals surface area contributed by atoms with Gasteiger partial charge in [0.05, 0.1) is 25.3 Å². The van der Waals surface area contributed by atoms with Gasteiger partial charge >= 0.3 is 0 Å². The van der Waals surface area contributed by atoms with Crippen LogP contribution in [0.25, 0.3) is 0 Å². The quantitative estimate of drug-likeness (QED) is 0.538. The minimum Gasteiger partial charge on any atom is -0.502 e. The molecule has 1 amide bonds. The topological polar surface area (TPSA) is 78.2 Å². The molecule has 1 aromatic heterocycles. The van der Waals surface area contributed by atoms with Gasteiger partial charge in [-0.3, -0.25) is 24.2 Å². The summed E-state index contributed by atoms with van der Waals surface area (Å²) in [7, 11) is 0. The maximum absolute atomic E-state index is 15.3. The van der Waals surface area contributed by atoms with E-state index in [0.717, 1.165) is 16.5 Å². The highest BCUT2D eigenvalue weighted by atomic mass is 32.2. The third-order valence-electron chi connectivity index (χ3n) is 7.97. The molecule has 2 aromatic carbocycles. The second-order valence-corrected chi connectivity index (χ2v) is 10.9. The Morgan fingerprint density at radius 2 is 1.82 bits per heavy atom. The molecule has 7 rings (SSSR count). The molecule has 4 aliphatic rings. The summed E-state index contributed by atoms with van der Waals surface area (Å²) in [4.78, 5) is 31.0. The van der Waals surface area contributed by atoms with E-state index in [1.54, 1.807) is 11.0 Å². The van der Waals surface area contributed by atoms with Crippen molar-refractivity contribution in [2.24, 2.45) is 0 Å². The SMILES string of the molecule is O=C1c2c(O)c(=O)ccn2N([C@@H]2c3ccccc3SCc3c2ccc(F)c3F)[C@@H]2CN(C3COC3)CCN12. The van der Waals surface area contributed by atoms with Crippen molar-refractivity contribution in [3.63, 3.8) is 0 Å². The number of ether oxygens (including phenoxy) is 1. The standard InChI is InChI=1S/C27H24F2N4O4S/c28-19-6-5-16-18(23(19)29)14-38-21-4-2-1-3-17(21)24(16)33-22-11-30(15-12-37-13-15)9-10-31(22)27(36)25-26(35)20(34)7-8-32(25)33/h1-8,15,22,24,35H,9-14H2/t22-,24+/m1/s1. The minimum absolute atomic E-state index is 0.132. The fourth-order valence-electron chi connectivity index (χ4n) is 5.95. The molecular weight excluding hydrogens is 514 g/mol. The molecule has 4 aliphatic heterocycles. The normalized spacial score (nSPS) is 23.2. The summed E-state index contributed by atoms with van der Waals surface area (Å²) in [5.41, 5.74) is 0.909. The fourth-order valence-corrected chi connectivity index (χ4v) is 7.06. The number of thioether (sulfide) groups is 1. The van der Waals surface area contributed by atoms with E-state index < -0.39 is 40.9 Å². The zero-order valence-corrected chi connectivity index (χ0v) is 21.0. The summed E-state index contributed by atoms with van der Waals surface area (Å²) >= 11 is 1.43. The van der Waals surface area contributed by atoms with Crippen LogP contribution in [0.4, 0.5) is 8.78 Å². The van der Waals surface area contributed by atoms with E-state index in [4.69, 9.17) is 4.74 Å². The van der Waals surface area contributed by atoms with Crippen molar-refractivity contribution < 1.29 is 23.4 Å². The molecule has 0 spiro atoms. The second-order valence-electron chi connectivity index (χ2n) is 9.93. The molecule has 0 bridgehead atoms. The number of fused-ring (bicyclic) bond motifs is 4. The van der Waals surface area contributed by atoms with E-state index in [0.29, 0.717) is 38.4 Å². The van der Waals surface area contributed by atoms with E-state index in [9.17, 15) is 19.1 Å². The largest absolute Gasteiger partial charge is 0.502 e. The van der Waals surface area contributed by atoms with Crippen LogP contribution in [0.15, 0.2) is 58.4 Å². The Balaban J connectivity index is 1.49. The van der Waals surface area contributed by atoms with Gasteiger partial charge in [0.15, 0.2) is 23.1 Å². The van der Waals surface area contributed by atoms with Crippen LogP contribution in [0.5, 0.6) is 5.75 Å². The molecule has 0 aliphatic carbocycles. The van der Waals surface area contributed by atoms with Gasteiger partial charge in [-0.2, -0.15) is 0 Å². The summed E-state index contributed by atoms with van der Waals surface area (Å²) in [6, 6.07) is 11.2. The monoisotopic (exact) mass is 538 g/mol. The first kappa shape index (κ1) is 23.7. The van der Waals surface area contributed by atoms with Crippen molar-refractivity contribution in [3.8, 4) is 5.75 Å². The van der Waals surface area contributed by atoms with Crippen LogP contribution >= 0.6 is 11.8 Å². The molecule has 2 saturated heterocycles. The van der Waals surface area contributed by atoms with Crippen LogP contribution in [0, 0.1) is 11.6 Å². The van der Waals surface area contributed by atoms with Crippen molar-refractivity contribution in [2.75, 3.05) is 37.9 Å². The number of halogens is 2. The number of pyridine rings is 1. The summed E-state index contributed by atoms with van der Waals surface area (Å²) in [6.07, 6.45) is 0.978. The molecule has 38 heavy (non-hydrogen) atoms. The highest BCUT2D eigenvalue weighted by molar-refractivity contribution is 7.98. The van der Waals surface area contributed by atoms with Gasteiger partial charge in [-0.15, -0.1) is 11.8 Å². The lowest BCUT2D eigenvalue weighted by molar-refractivity contribution is -0.0863. The lowest BCUT2D eigenvalue weighted by atomic mass is 9.92. The van der Waals surface area contributed by atoms with Crippen molar-refractivity contribution >= 4 is 17.7 Å². The molecule has 196 valence electrons. The van der Waals surface area contributed by atoms with Gasteiger partial charge in [0.25, 0.3) is 5.91 Å². The van der Waals surface area contributed by atoms with Crippen LogP contribution in [-0.4, -0.2) is 70.5 Å². The zero-order valence-electron chi connectivity index (χ0n) is 20.2. The smallest absolute Gasteiger partial charge is 0.278 e. The highest BCUT2D eigenvalue weighted by Crippen LogP contribution is 2.45. The highest BCUT2D eigenvalue weighted by Gasteiger charge is 2.48. The average Bonchev–Trinajstić information content (AvgIpc) is 3.05. The number of piperazine rings is 1. The van der Waals surface area contributed by atoms with Crippen LogP contribution in [0.1, 0.15) is 33.2 Å². The summed E-state index contributed by atoms with van der Waals surface area (Å²) in [6.45, 7) is 2.71. The van der Waals surface area contributed by atoms with Crippen LogP contribution < -0.4 is 10.4 Å². The average molecular weight is 539 g/mol. The molecule has 11 heteroatoms. The van der Waals surface area contributed by atoms with Crippen LogP contribution in [-0.2, 0) is 10.5 Å². The molecule has 5 heterocycles. The summed E-state index contributed by atoms with van der Waals surface area (Å²) in [5.74, 6) is -2.63. The van der Waals surface area contributed by atoms with E-state index >= 15 is 4.39 Å². The lowest BCUT2D eigenvalue weighted by Crippen LogP contribution is -2.71. The fraction of sp³-hybridized carbons (Fsp3) is 0.333. The Hall–Kier alpha value is -3.41. The molecule has 3 aromatic rings.